The predicted molar refractivity (Wildman–Crippen MR) is 58.1 cm³/mol. The van der Waals surface area contributed by atoms with Crippen LogP contribution in [0.5, 0.6) is 11.5 Å². The maximum Gasteiger partial charge on any atom is 0.188 e. The van der Waals surface area contributed by atoms with E-state index in [1.165, 1.54) is 0 Å². The van der Waals surface area contributed by atoms with Crippen molar-refractivity contribution in [2.24, 2.45) is 0 Å². The van der Waals surface area contributed by atoms with Gasteiger partial charge in [-0.05, 0) is 41.1 Å². The third kappa shape index (κ3) is 2.73. The number of halogens is 1. The number of hydrogen-bond donors (Lipinski definition) is 1. The Bertz CT molecular complexity index is 276. The highest BCUT2D eigenvalue weighted by Gasteiger charge is 2.04. The predicted octanol–water partition coefficient (Wildman–Crippen LogP) is 2.29. The van der Waals surface area contributed by atoms with Gasteiger partial charge in [0.2, 0.25) is 0 Å². The summed E-state index contributed by atoms with van der Waals surface area (Å²) in [5.41, 5.74) is 0.992. The van der Waals surface area contributed by atoms with E-state index in [0.717, 1.165) is 9.13 Å². The summed E-state index contributed by atoms with van der Waals surface area (Å²) < 4.78 is 10.8. The van der Waals surface area contributed by atoms with Gasteiger partial charge in [-0.1, -0.05) is 0 Å². The van der Waals surface area contributed by atoms with Crippen molar-refractivity contribution in [3.8, 4) is 11.5 Å². The van der Waals surface area contributed by atoms with Crippen LogP contribution in [0, 0.1) is 10.5 Å². The lowest BCUT2D eigenvalue weighted by Gasteiger charge is -2.07. The molecule has 0 aliphatic rings. The Morgan fingerprint density at radius 1 is 1.46 bits per heavy atom. The first-order chi connectivity index (χ1) is 6.15. The van der Waals surface area contributed by atoms with E-state index in [-0.39, 0.29) is 12.5 Å². The molecule has 4 heteroatoms. The molecule has 0 atom stereocenters. The summed E-state index contributed by atoms with van der Waals surface area (Å²) in [6.45, 7) is 2.11. The molecule has 0 bridgehead atoms. The summed E-state index contributed by atoms with van der Waals surface area (Å²) in [7, 11) is 1.55. The van der Waals surface area contributed by atoms with Crippen LogP contribution in [0.1, 0.15) is 5.56 Å². The van der Waals surface area contributed by atoms with Gasteiger partial charge in [0.25, 0.3) is 0 Å². The third-order valence-electron chi connectivity index (χ3n) is 1.55. The average molecular weight is 294 g/mol. The van der Waals surface area contributed by atoms with Crippen molar-refractivity contribution in [2.75, 3.05) is 13.9 Å². The van der Waals surface area contributed by atoms with E-state index in [4.69, 9.17) is 9.47 Å². The minimum atomic E-state index is 0.194. The minimum Gasteiger partial charge on any atom is -0.507 e. The zero-order valence-electron chi connectivity index (χ0n) is 7.50. The molecule has 0 fully saturated rings. The molecule has 1 aromatic carbocycles. The second kappa shape index (κ2) is 4.66. The van der Waals surface area contributed by atoms with Crippen LogP contribution in [0.15, 0.2) is 12.1 Å². The number of benzene rings is 1. The van der Waals surface area contributed by atoms with Crippen LogP contribution in [0.25, 0.3) is 0 Å². The van der Waals surface area contributed by atoms with E-state index < -0.39 is 0 Å². The minimum absolute atomic E-state index is 0.194. The Hall–Kier alpha value is -0.490. The molecule has 1 rings (SSSR count). The molecule has 0 amide bonds. The van der Waals surface area contributed by atoms with Crippen molar-refractivity contribution in [1.29, 1.82) is 0 Å². The molecule has 3 nitrogen and oxygen atoms in total. The van der Waals surface area contributed by atoms with Gasteiger partial charge in [-0.3, -0.25) is 0 Å². The highest BCUT2D eigenvalue weighted by molar-refractivity contribution is 14.1. The van der Waals surface area contributed by atoms with Gasteiger partial charge in [-0.2, -0.15) is 0 Å². The summed E-state index contributed by atoms with van der Waals surface area (Å²) in [6, 6.07) is 3.44. The average Bonchev–Trinajstić information content (AvgIpc) is 2.10. The zero-order valence-corrected chi connectivity index (χ0v) is 9.66. The Morgan fingerprint density at radius 2 is 2.15 bits per heavy atom. The Kier molecular flexibility index (Phi) is 3.80. The number of phenolic OH excluding ortho intramolecular Hbond substituents is 1. The Morgan fingerprint density at radius 3 is 2.69 bits per heavy atom. The first-order valence-electron chi connectivity index (χ1n) is 3.76. The SMILES string of the molecule is COCOc1cc(C)c(I)c(O)c1. The van der Waals surface area contributed by atoms with E-state index in [9.17, 15) is 5.11 Å². The van der Waals surface area contributed by atoms with Crippen molar-refractivity contribution in [3.05, 3.63) is 21.3 Å². The summed E-state index contributed by atoms with van der Waals surface area (Å²) in [5.74, 6) is 0.865. The molecule has 0 spiro atoms. The number of rotatable bonds is 3. The van der Waals surface area contributed by atoms with Crippen molar-refractivity contribution in [3.63, 3.8) is 0 Å². The van der Waals surface area contributed by atoms with Crippen LogP contribution >= 0.6 is 22.6 Å². The zero-order chi connectivity index (χ0) is 9.84. The highest BCUT2D eigenvalue weighted by Crippen LogP contribution is 2.28. The number of ether oxygens (including phenoxy) is 2. The van der Waals surface area contributed by atoms with Gasteiger partial charge in [-0.15, -0.1) is 0 Å². The molecule has 1 aromatic rings. The van der Waals surface area contributed by atoms with E-state index in [0.29, 0.717) is 5.75 Å². The number of methoxy groups -OCH3 is 1. The fraction of sp³-hybridized carbons (Fsp3) is 0.333. The molecule has 0 aliphatic heterocycles. The van der Waals surface area contributed by atoms with Crippen LogP contribution in [0.3, 0.4) is 0 Å². The highest BCUT2D eigenvalue weighted by atomic mass is 127. The van der Waals surface area contributed by atoms with Gasteiger partial charge in [0.05, 0.1) is 3.57 Å². The van der Waals surface area contributed by atoms with Gasteiger partial charge in [0.1, 0.15) is 11.5 Å². The summed E-state index contributed by atoms with van der Waals surface area (Å²) in [5, 5.41) is 9.45. The number of phenols is 1. The van der Waals surface area contributed by atoms with Crippen LogP contribution in [0.4, 0.5) is 0 Å². The van der Waals surface area contributed by atoms with Crippen molar-refractivity contribution in [2.45, 2.75) is 6.92 Å². The first-order valence-corrected chi connectivity index (χ1v) is 4.84. The monoisotopic (exact) mass is 294 g/mol. The van der Waals surface area contributed by atoms with Gasteiger partial charge in [-0.25, -0.2) is 0 Å². The molecule has 13 heavy (non-hydrogen) atoms. The van der Waals surface area contributed by atoms with E-state index in [2.05, 4.69) is 22.6 Å². The van der Waals surface area contributed by atoms with E-state index >= 15 is 0 Å². The quantitative estimate of drug-likeness (QED) is 0.686. The lowest BCUT2D eigenvalue weighted by molar-refractivity contribution is 0.0509. The smallest absolute Gasteiger partial charge is 0.188 e. The van der Waals surface area contributed by atoms with Crippen LogP contribution in [0.2, 0.25) is 0 Å². The molecule has 0 heterocycles. The molecule has 0 aliphatic carbocycles. The summed E-state index contributed by atoms with van der Waals surface area (Å²) >= 11 is 2.09. The van der Waals surface area contributed by atoms with Gasteiger partial charge in [0, 0.05) is 13.2 Å². The summed E-state index contributed by atoms with van der Waals surface area (Å²) in [4.78, 5) is 0. The van der Waals surface area contributed by atoms with Gasteiger partial charge >= 0.3 is 0 Å². The first kappa shape index (κ1) is 10.6. The van der Waals surface area contributed by atoms with Crippen LogP contribution in [-0.4, -0.2) is 19.0 Å². The maximum atomic E-state index is 9.45. The molecule has 0 saturated carbocycles. The fourth-order valence-electron chi connectivity index (χ4n) is 0.929. The van der Waals surface area contributed by atoms with Crippen LogP contribution in [-0.2, 0) is 4.74 Å². The second-order valence-corrected chi connectivity index (χ2v) is 3.70. The van der Waals surface area contributed by atoms with Crippen LogP contribution < -0.4 is 4.74 Å². The van der Waals surface area contributed by atoms with E-state index in [1.54, 1.807) is 13.2 Å². The molecule has 0 radical (unpaired) electrons. The number of aryl methyl sites for hydroxylation is 1. The molecule has 72 valence electrons. The molecular weight excluding hydrogens is 283 g/mol. The van der Waals surface area contributed by atoms with Gasteiger partial charge in [0.15, 0.2) is 6.79 Å². The lowest BCUT2D eigenvalue weighted by Crippen LogP contribution is -1.99. The number of hydrogen-bond acceptors (Lipinski definition) is 3. The van der Waals surface area contributed by atoms with Crippen molar-refractivity contribution in [1.82, 2.24) is 0 Å². The fourth-order valence-corrected chi connectivity index (χ4v) is 1.24. The largest absolute Gasteiger partial charge is 0.507 e. The summed E-state index contributed by atoms with van der Waals surface area (Å²) in [6.07, 6.45) is 0. The molecule has 0 aromatic heterocycles. The maximum absolute atomic E-state index is 9.45. The molecule has 1 N–H and O–H groups in total. The molecule has 0 unspecified atom stereocenters. The normalized spacial score (nSPS) is 10.1. The lowest BCUT2D eigenvalue weighted by atomic mass is 10.2. The Balaban J connectivity index is 2.86. The van der Waals surface area contributed by atoms with Crippen molar-refractivity contribution >= 4 is 22.6 Å². The molecule has 0 saturated heterocycles. The second-order valence-electron chi connectivity index (χ2n) is 2.62. The van der Waals surface area contributed by atoms with Crippen molar-refractivity contribution < 1.29 is 14.6 Å². The Labute approximate surface area is 90.8 Å². The van der Waals surface area contributed by atoms with Gasteiger partial charge < -0.3 is 14.6 Å². The number of aromatic hydroxyl groups is 1. The van der Waals surface area contributed by atoms with E-state index in [1.807, 2.05) is 13.0 Å². The topological polar surface area (TPSA) is 38.7 Å². The molecular formula is C9H11IO3. The standard InChI is InChI=1S/C9H11IO3/c1-6-3-7(13-5-12-2)4-8(11)9(6)10/h3-4,11H,5H2,1-2H3. The third-order valence-corrected chi connectivity index (χ3v) is 2.96.